The number of hydrogen-bond acceptors (Lipinski definition) is 4. The molecule has 1 heterocycles. The van der Waals surface area contributed by atoms with E-state index in [1.54, 1.807) is 0 Å². The normalized spacial score (nSPS) is 17.5. The van der Waals surface area contributed by atoms with Gasteiger partial charge in [0.15, 0.2) is 11.5 Å². The quantitative estimate of drug-likeness (QED) is 0.886. The number of amides is 1. The molecule has 0 aliphatic carbocycles. The summed E-state index contributed by atoms with van der Waals surface area (Å²) in [5, 5.41) is 0. The van der Waals surface area contributed by atoms with E-state index in [9.17, 15) is 4.79 Å². The Kier molecular flexibility index (Phi) is 3.41. The van der Waals surface area contributed by atoms with Gasteiger partial charge in [0.05, 0.1) is 6.04 Å². The Morgan fingerprint density at radius 3 is 2.53 bits per heavy atom. The van der Waals surface area contributed by atoms with Crippen LogP contribution in [0.15, 0.2) is 18.2 Å². The monoisotopic (exact) mass is 264 g/mol. The number of nitrogens with two attached hydrogens (primary N) is 1. The van der Waals surface area contributed by atoms with Crippen molar-refractivity contribution < 1.29 is 14.3 Å². The van der Waals surface area contributed by atoms with Crippen LogP contribution in [0.3, 0.4) is 0 Å². The van der Waals surface area contributed by atoms with Gasteiger partial charge >= 0.3 is 0 Å². The molecule has 1 atom stereocenters. The van der Waals surface area contributed by atoms with E-state index >= 15 is 0 Å². The summed E-state index contributed by atoms with van der Waals surface area (Å²) in [6.45, 7) is 3.72. The van der Waals surface area contributed by atoms with Crippen molar-refractivity contribution in [3.05, 3.63) is 23.8 Å². The van der Waals surface area contributed by atoms with Gasteiger partial charge in [-0.1, -0.05) is 6.07 Å². The molecule has 104 valence electrons. The van der Waals surface area contributed by atoms with Crippen molar-refractivity contribution in [3.63, 3.8) is 0 Å². The lowest BCUT2D eigenvalue weighted by Gasteiger charge is -2.21. The summed E-state index contributed by atoms with van der Waals surface area (Å²) in [6.07, 6.45) is 0.555. The minimum absolute atomic E-state index is 0.326. The lowest BCUT2D eigenvalue weighted by molar-refractivity contribution is -0.122. The molecule has 5 nitrogen and oxygen atoms in total. The van der Waals surface area contributed by atoms with Crippen molar-refractivity contribution in [1.82, 2.24) is 4.90 Å². The number of nitrogens with zero attached hydrogens (tertiary/aromatic N) is 1. The molecule has 5 heteroatoms. The summed E-state index contributed by atoms with van der Waals surface area (Å²) in [6, 6.07) is 5.38. The summed E-state index contributed by atoms with van der Waals surface area (Å²) >= 11 is 0. The van der Waals surface area contributed by atoms with Crippen LogP contribution in [0.2, 0.25) is 0 Å². The molecule has 1 aliphatic heterocycles. The first-order valence-corrected chi connectivity index (χ1v) is 6.25. The maximum atomic E-state index is 11.4. The Labute approximate surface area is 113 Å². The van der Waals surface area contributed by atoms with Gasteiger partial charge in [-0.15, -0.1) is 0 Å². The average Bonchev–Trinajstić information content (AvgIpc) is 2.57. The number of rotatable bonds is 4. The Balaban J connectivity index is 2.18. The van der Waals surface area contributed by atoms with Crippen molar-refractivity contribution in [3.8, 4) is 11.5 Å². The second-order valence-corrected chi connectivity index (χ2v) is 5.47. The van der Waals surface area contributed by atoms with Crippen LogP contribution in [0.4, 0.5) is 0 Å². The lowest BCUT2D eigenvalue weighted by Crippen LogP contribution is -2.41. The number of primary amides is 1. The first kappa shape index (κ1) is 13.7. The Bertz CT molecular complexity index is 497. The van der Waals surface area contributed by atoms with E-state index in [4.69, 9.17) is 15.2 Å². The number of carbonyl (C=O) groups is 1. The lowest BCUT2D eigenvalue weighted by atomic mass is 10.0. The fourth-order valence-electron chi connectivity index (χ4n) is 2.15. The molecule has 1 amide bonds. The van der Waals surface area contributed by atoms with E-state index in [1.165, 1.54) is 0 Å². The van der Waals surface area contributed by atoms with E-state index in [1.807, 2.05) is 51.0 Å². The van der Waals surface area contributed by atoms with Gasteiger partial charge in [-0.25, -0.2) is 0 Å². The van der Waals surface area contributed by atoms with Gasteiger partial charge in [0.25, 0.3) is 0 Å². The summed E-state index contributed by atoms with van der Waals surface area (Å²) in [5.41, 5.74) is 6.40. The molecule has 2 N–H and O–H groups in total. The Morgan fingerprint density at radius 2 is 1.95 bits per heavy atom. The smallest absolute Gasteiger partial charge is 0.246 e. The van der Waals surface area contributed by atoms with Crippen LogP contribution in [0, 0.1) is 0 Å². The highest BCUT2D eigenvalue weighted by atomic mass is 16.7. The summed E-state index contributed by atoms with van der Waals surface area (Å²) < 4.78 is 11.3. The third-order valence-corrected chi connectivity index (χ3v) is 3.10. The molecule has 0 bridgehead atoms. The molecule has 2 rings (SSSR count). The zero-order valence-corrected chi connectivity index (χ0v) is 11.8. The van der Waals surface area contributed by atoms with Crippen molar-refractivity contribution in [2.45, 2.75) is 32.1 Å². The van der Waals surface area contributed by atoms with Gasteiger partial charge < -0.3 is 15.2 Å². The second-order valence-electron chi connectivity index (χ2n) is 5.47. The van der Waals surface area contributed by atoms with Gasteiger partial charge in [-0.05, 0) is 38.2 Å². The maximum absolute atomic E-state index is 11.4. The molecule has 0 fully saturated rings. The second kappa shape index (κ2) is 4.74. The molecule has 0 unspecified atom stereocenters. The third-order valence-electron chi connectivity index (χ3n) is 3.10. The molecule has 1 aliphatic rings. The van der Waals surface area contributed by atoms with Crippen LogP contribution in [0.5, 0.6) is 11.5 Å². The highest BCUT2D eigenvalue weighted by Crippen LogP contribution is 2.39. The molecular weight excluding hydrogens is 244 g/mol. The highest BCUT2D eigenvalue weighted by molar-refractivity contribution is 5.80. The fraction of sp³-hybridized carbons (Fsp3) is 0.500. The maximum Gasteiger partial charge on any atom is 0.246 e. The van der Waals surface area contributed by atoms with Crippen LogP contribution in [-0.2, 0) is 11.2 Å². The predicted molar refractivity (Wildman–Crippen MR) is 72.2 cm³/mol. The van der Waals surface area contributed by atoms with Crippen molar-refractivity contribution >= 4 is 5.91 Å². The van der Waals surface area contributed by atoms with Crippen LogP contribution < -0.4 is 15.2 Å². The van der Waals surface area contributed by atoms with Gasteiger partial charge in [0.2, 0.25) is 11.7 Å². The minimum Gasteiger partial charge on any atom is -0.449 e. The number of hydrogen-bond donors (Lipinski definition) is 1. The van der Waals surface area contributed by atoms with Gasteiger partial charge in [0.1, 0.15) is 0 Å². The zero-order chi connectivity index (χ0) is 14.2. The fourth-order valence-corrected chi connectivity index (χ4v) is 2.15. The third kappa shape index (κ3) is 2.98. The largest absolute Gasteiger partial charge is 0.449 e. The van der Waals surface area contributed by atoms with Crippen LogP contribution in [0.25, 0.3) is 0 Å². The molecule has 0 saturated carbocycles. The summed E-state index contributed by atoms with van der Waals surface area (Å²) in [7, 11) is 3.68. The van der Waals surface area contributed by atoms with Gasteiger partial charge in [0, 0.05) is 13.8 Å². The number of ether oxygens (including phenoxy) is 2. The molecule has 0 radical (unpaired) electrons. The number of benzene rings is 1. The van der Waals surface area contributed by atoms with Crippen molar-refractivity contribution in [2.24, 2.45) is 5.73 Å². The molecule has 0 spiro atoms. The minimum atomic E-state index is -0.633. The molecule has 0 aromatic heterocycles. The molecule has 19 heavy (non-hydrogen) atoms. The summed E-state index contributed by atoms with van der Waals surface area (Å²) in [4.78, 5) is 13.2. The summed E-state index contributed by atoms with van der Waals surface area (Å²) in [5.74, 6) is 0.479. The van der Waals surface area contributed by atoms with E-state index in [0.29, 0.717) is 12.2 Å². The van der Waals surface area contributed by atoms with E-state index in [0.717, 1.165) is 11.3 Å². The average molecular weight is 264 g/mol. The van der Waals surface area contributed by atoms with Crippen molar-refractivity contribution in [2.75, 3.05) is 14.1 Å². The van der Waals surface area contributed by atoms with E-state index in [-0.39, 0.29) is 11.9 Å². The first-order valence-electron chi connectivity index (χ1n) is 6.25. The number of fused-ring (bicyclic) bond motifs is 1. The number of carbonyl (C=O) groups excluding carboxylic acids is 1. The Morgan fingerprint density at radius 1 is 1.32 bits per heavy atom. The Hall–Kier alpha value is -1.75. The van der Waals surface area contributed by atoms with Crippen LogP contribution in [0.1, 0.15) is 19.4 Å². The molecule has 0 saturated heterocycles. The molecule has 1 aromatic carbocycles. The zero-order valence-electron chi connectivity index (χ0n) is 11.8. The highest BCUT2D eigenvalue weighted by Gasteiger charge is 2.31. The standard InChI is InChI=1S/C14H20N2O3/c1-14(2)18-11-6-5-9(8-12(11)19-14)7-10(13(15)17)16(3)4/h5-6,8,10H,7H2,1-4H3,(H2,15,17)/t10-/m0/s1. The predicted octanol–water partition coefficient (Wildman–Crippen LogP) is 1.15. The van der Waals surface area contributed by atoms with E-state index < -0.39 is 5.79 Å². The topological polar surface area (TPSA) is 64.8 Å². The molecule has 1 aromatic rings. The SMILES string of the molecule is CN(C)[C@@H](Cc1ccc2c(c1)OC(C)(C)O2)C(N)=O. The molecular formula is C14H20N2O3. The van der Waals surface area contributed by atoms with Gasteiger partial charge in [-0.2, -0.15) is 0 Å². The van der Waals surface area contributed by atoms with Crippen LogP contribution in [-0.4, -0.2) is 36.7 Å². The van der Waals surface area contributed by atoms with E-state index in [2.05, 4.69) is 0 Å². The van der Waals surface area contributed by atoms with Gasteiger partial charge in [-0.3, -0.25) is 9.69 Å². The van der Waals surface area contributed by atoms with Crippen LogP contribution >= 0.6 is 0 Å². The van der Waals surface area contributed by atoms with Crippen molar-refractivity contribution in [1.29, 1.82) is 0 Å². The first-order chi connectivity index (χ1) is 8.78. The number of likely N-dealkylation sites (N-methyl/N-ethyl adjacent to an activating group) is 1.